The van der Waals surface area contributed by atoms with E-state index in [0.717, 1.165) is 55.2 Å². The van der Waals surface area contributed by atoms with Crippen LogP contribution in [0.2, 0.25) is 0 Å². The van der Waals surface area contributed by atoms with Gasteiger partial charge in [0.2, 0.25) is 0 Å². The molecule has 5 nitrogen and oxygen atoms in total. The highest BCUT2D eigenvalue weighted by Crippen LogP contribution is 2.33. The molecule has 0 spiro atoms. The van der Waals surface area contributed by atoms with Crippen molar-refractivity contribution < 1.29 is 9.84 Å². The molecule has 0 radical (unpaired) electrons. The minimum atomic E-state index is 0. The predicted molar refractivity (Wildman–Crippen MR) is 125 cm³/mol. The van der Waals surface area contributed by atoms with Crippen molar-refractivity contribution in [2.75, 3.05) is 50.8 Å². The molecule has 0 aliphatic carbocycles. The van der Waals surface area contributed by atoms with Crippen LogP contribution in [0.15, 0.2) is 54.7 Å². The van der Waals surface area contributed by atoms with Crippen molar-refractivity contribution in [3.8, 4) is 11.1 Å². The number of anilines is 1. The lowest BCUT2D eigenvalue weighted by Crippen LogP contribution is -2.46. The van der Waals surface area contributed by atoms with Crippen LogP contribution >= 0.6 is 12.4 Å². The standard InChI is InChI=1S/C24H29N3O2.ClH/c1-2-26-11-13-27(14-12-26)24-22-6-4-3-5-21(22)23(17-25-24)20-9-7-19(8-10-20)18-29-16-15-28;/h3-10,17,28H,2,11-16,18H2,1H3;1H. The number of ether oxygens (including phenoxy) is 1. The van der Waals surface area contributed by atoms with Crippen LogP contribution in [0.5, 0.6) is 0 Å². The van der Waals surface area contributed by atoms with Crippen LogP contribution in [0.4, 0.5) is 5.82 Å². The van der Waals surface area contributed by atoms with Crippen LogP contribution in [0.1, 0.15) is 12.5 Å². The van der Waals surface area contributed by atoms with Crippen molar-refractivity contribution in [1.82, 2.24) is 9.88 Å². The molecule has 1 aliphatic rings. The summed E-state index contributed by atoms with van der Waals surface area (Å²) in [7, 11) is 0. The lowest BCUT2D eigenvalue weighted by Gasteiger charge is -2.35. The molecular weight excluding hydrogens is 398 g/mol. The van der Waals surface area contributed by atoms with Gasteiger partial charge in [-0.15, -0.1) is 12.4 Å². The third-order valence-corrected chi connectivity index (χ3v) is 5.66. The molecule has 0 unspecified atom stereocenters. The number of rotatable bonds is 7. The molecule has 160 valence electrons. The van der Waals surface area contributed by atoms with Gasteiger partial charge in [-0.1, -0.05) is 55.5 Å². The van der Waals surface area contributed by atoms with Gasteiger partial charge in [0.15, 0.2) is 0 Å². The highest BCUT2D eigenvalue weighted by atomic mass is 35.5. The zero-order valence-corrected chi connectivity index (χ0v) is 18.3. The molecule has 0 amide bonds. The third-order valence-electron chi connectivity index (χ3n) is 5.66. The maximum Gasteiger partial charge on any atom is 0.136 e. The lowest BCUT2D eigenvalue weighted by atomic mass is 9.99. The maximum atomic E-state index is 8.84. The first-order valence-corrected chi connectivity index (χ1v) is 10.4. The Bertz CT molecular complexity index is 941. The van der Waals surface area contributed by atoms with Crippen molar-refractivity contribution in [3.05, 3.63) is 60.3 Å². The zero-order valence-electron chi connectivity index (χ0n) is 17.5. The van der Waals surface area contributed by atoms with Crippen LogP contribution in [-0.2, 0) is 11.3 Å². The van der Waals surface area contributed by atoms with E-state index in [-0.39, 0.29) is 19.0 Å². The number of aliphatic hydroxyl groups is 1. The number of likely N-dealkylation sites (N-methyl/N-ethyl adjacent to an activating group) is 1. The fraction of sp³-hybridized carbons (Fsp3) is 0.375. The monoisotopic (exact) mass is 427 g/mol. The quantitative estimate of drug-likeness (QED) is 0.578. The number of benzene rings is 2. The second-order valence-corrected chi connectivity index (χ2v) is 7.44. The molecule has 3 aromatic rings. The van der Waals surface area contributed by atoms with E-state index in [9.17, 15) is 0 Å². The Morgan fingerprint density at radius 3 is 2.33 bits per heavy atom. The molecule has 2 aromatic carbocycles. The van der Waals surface area contributed by atoms with Crippen LogP contribution < -0.4 is 4.90 Å². The number of aromatic nitrogens is 1. The topological polar surface area (TPSA) is 48.8 Å². The van der Waals surface area contributed by atoms with Gasteiger partial charge >= 0.3 is 0 Å². The first-order valence-electron chi connectivity index (χ1n) is 10.4. The van der Waals surface area contributed by atoms with E-state index in [1.165, 1.54) is 10.8 Å². The summed E-state index contributed by atoms with van der Waals surface area (Å²) < 4.78 is 5.41. The molecule has 1 N–H and O–H groups in total. The van der Waals surface area contributed by atoms with Crippen LogP contribution in [0.3, 0.4) is 0 Å². The van der Waals surface area contributed by atoms with Gasteiger partial charge in [0.1, 0.15) is 5.82 Å². The highest BCUT2D eigenvalue weighted by Gasteiger charge is 2.19. The molecule has 30 heavy (non-hydrogen) atoms. The second kappa shape index (κ2) is 10.7. The molecule has 4 rings (SSSR count). The SMILES string of the molecule is CCN1CCN(c2ncc(-c3ccc(COCCO)cc3)c3ccccc23)CC1.Cl. The highest BCUT2D eigenvalue weighted by molar-refractivity contribution is 6.02. The third kappa shape index (κ3) is 4.93. The normalized spacial score (nSPS) is 14.7. The van der Waals surface area contributed by atoms with Crippen LogP contribution in [-0.4, -0.2) is 60.9 Å². The van der Waals surface area contributed by atoms with Gasteiger partial charge < -0.3 is 19.6 Å². The van der Waals surface area contributed by atoms with Crippen molar-refractivity contribution in [3.63, 3.8) is 0 Å². The fourth-order valence-corrected chi connectivity index (χ4v) is 3.97. The Morgan fingerprint density at radius 1 is 0.967 bits per heavy atom. The Kier molecular flexibility index (Phi) is 8.05. The van der Waals surface area contributed by atoms with Gasteiger partial charge in [-0.05, 0) is 23.1 Å². The van der Waals surface area contributed by atoms with E-state index >= 15 is 0 Å². The minimum Gasteiger partial charge on any atom is -0.394 e. The molecule has 0 saturated carbocycles. The van der Waals surface area contributed by atoms with Gasteiger partial charge in [-0.25, -0.2) is 4.98 Å². The number of hydrogen-bond donors (Lipinski definition) is 1. The van der Waals surface area contributed by atoms with Gasteiger partial charge in [-0.2, -0.15) is 0 Å². The first kappa shape index (κ1) is 22.5. The van der Waals surface area contributed by atoms with Crippen molar-refractivity contribution in [2.45, 2.75) is 13.5 Å². The molecule has 1 aromatic heterocycles. The second-order valence-electron chi connectivity index (χ2n) is 7.44. The zero-order chi connectivity index (χ0) is 20.1. The lowest BCUT2D eigenvalue weighted by molar-refractivity contribution is 0.0815. The van der Waals surface area contributed by atoms with E-state index in [1.54, 1.807) is 0 Å². The molecule has 1 aliphatic heterocycles. The summed E-state index contributed by atoms with van der Waals surface area (Å²) in [4.78, 5) is 9.80. The van der Waals surface area contributed by atoms with Gasteiger partial charge in [0, 0.05) is 43.3 Å². The maximum absolute atomic E-state index is 8.84. The molecule has 1 fully saturated rings. The number of aliphatic hydroxyl groups excluding tert-OH is 1. The van der Waals surface area contributed by atoms with Crippen LogP contribution in [0.25, 0.3) is 21.9 Å². The predicted octanol–water partition coefficient (Wildman–Crippen LogP) is 3.97. The number of pyridine rings is 1. The number of hydrogen-bond acceptors (Lipinski definition) is 5. The van der Waals surface area contributed by atoms with Crippen LogP contribution in [0, 0.1) is 0 Å². The van der Waals surface area contributed by atoms with E-state index in [1.807, 2.05) is 6.20 Å². The Balaban J connectivity index is 0.00000256. The van der Waals surface area contributed by atoms with E-state index in [2.05, 4.69) is 65.3 Å². The van der Waals surface area contributed by atoms with Gasteiger partial charge in [0.05, 0.1) is 19.8 Å². The number of nitrogens with zero attached hydrogens (tertiary/aromatic N) is 3. The Morgan fingerprint density at radius 2 is 1.67 bits per heavy atom. The minimum absolute atomic E-state index is 0. The molecule has 1 saturated heterocycles. The van der Waals surface area contributed by atoms with Crippen molar-refractivity contribution >= 4 is 29.0 Å². The molecule has 0 bridgehead atoms. The van der Waals surface area contributed by atoms with Crippen molar-refractivity contribution in [1.29, 1.82) is 0 Å². The summed E-state index contributed by atoms with van der Waals surface area (Å²) in [6.45, 7) is 8.49. The van der Waals surface area contributed by atoms with E-state index < -0.39 is 0 Å². The molecule has 0 atom stereocenters. The largest absolute Gasteiger partial charge is 0.394 e. The Hall–Kier alpha value is -2.18. The summed E-state index contributed by atoms with van der Waals surface area (Å²) in [5, 5.41) is 11.3. The summed E-state index contributed by atoms with van der Waals surface area (Å²) in [6.07, 6.45) is 2.02. The summed E-state index contributed by atoms with van der Waals surface area (Å²) >= 11 is 0. The number of piperazine rings is 1. The van der Waals surface area contributed by atoms with Gasteiger partial charge in [-0.3, -0.25) is 0 Å². The number of fused-ring (bicyclic) bond motifs is 1. The smallest absolute Gasteiger partial charge is 0.136 e. The molecule has 6 heteroatoms. The molecular formula is C24H30ClN3O2. The number of halogens is 1. The fourth-order valence-electron chi connectivity index (χ4n) is 3.97. The average Bonchev–Trinajstić information content (AvgIpc) is 2.79. The average molecular weight is 428 g/mol. The van der Waals surface area contributed by atoms with Gasteiger partial charge in [0.25, 0.3) is 0 Å². The van der Waals surface area contributed by atoms with Crippen molar-refractivity contribution in [2.24, 2.45) is 0 Å². The molecule has 2 heterocycles. The van der Waals surface area contributed by atoms with E-state index in [0.29, 0.717) is 13.2 Å². The summed E-state index contributed by atoms with van der Waals surface area (Å²) in [5.41, 5.74) is 3.41. The summed E-state index contributed by atoms with van der Waals surface area (Å²) in [5.74, 6) is 1.09. The van der Waals surface area contributed by atoms with E-state index in [4.69, 9.17) is 14.8 Å². The Labute approximate surface area is 184 Å². The summed E-state index contributed by atoms with van der Waals surface area (Å²) in [6, 6.07) is 17.0. The first-order chi connectivity index (χ1) is 14.3.